The Balaban J connectivity index is 1.46. The van der Waals surface area contributed by atoms with Crippen molar-refractivity contribution in [1.82, 2.24) is 0 Å². The number of benzene rings is 3. The molecule has 4 nitrogen and oxygen atoms in total. The fourth-order valence-electron chi connectivity index (χ4n) is 6.44. The van der Waals surface area contributed by atoms with Crippen molar-refractivity contribution >= 4 is 6.29 Å². The van der Waals surface area contributed by atoms with Crippen LogP contribution in [0.25, 0.3) is 11.1 Å². The Hall–Kier alpha value is -3.18. The van der Waals surface area contributed by atoms with E-state index >= 15 is 4.39 Å². The molecular weight excluding hydrogens is 479 g/mol. The van der Waals surface area contributed by atoms with E-state index in [0.717, 1.165) is 54.4 Å². The van der Waals surface area contributed by atoms with Gasteiger partial charge < -0.3 is 19.0 Å². The molecule has 38 heavy (non-hydrogen) atoms. The van der Waals surface area contributed by atoms with Crippen molar-refractivity contribution in [3.63, 3.8) is 0 Å². The lowest BCUT2D eigenvalue weighted by atomic mass is 9.58. The number of aldehydes is 1. The first-order valence-electron chi connectivity index (χ1n) is 13.4. The molecule has 2 aliphatic carbocycles. The average Bonchev–Trinajstić information content (AvgIpc) is 3.28. The Bertz CT molecular complexity index is 1340. The molecule has 1 saturated carbocycles. The van der Waals surface area contributed by atoms with Gasteiger partial charge in [0.05, 0.1) is 13.2 Å². The highest BCUT2D eigenvalue weighted by molar-refractivity contribution is 5.70. The Morgan fingerprint density at radius 3 is 2.45 bits per heavy atom. The first kappa shape index (κ1) is 26.4. The zero-order chi connectivity index (χ0) is 27.1. The minimum Gasteiger partial charge on any atom is -0.497 e. The zero-order valence-electron chi connectivity index (χ0n) is 23.0. The second kappa shape index (κ2) is 10.2. The van der Waals surface area contributed by atoms with Crippen molar-refractivity contribution in [3.05, 3.63) is 82.7 Å². The van der Waals surface area contributed by atoms with Gasteiger partial charge in [0.2, 0.25) is 0 Å². The lowest BCUT2D eigenvalue weighted by Gasteiger charge is -2.45. The highest BCUT2D eigenvalue weighted by atomic mass is 19.1. The highest BCUT2D eigenvalue weighted by Crippen LogP contribution is 2.56. The molecule has 3 aromatic rings. The quantitative estimate of drug-likeness (QED) is 0.289. The van der Waals surface area contributed by atoms with E-state index in [-0.39, 0.29) is 28.7 Å². The molecule has 0 saturated heterocycles. The molecule has 0 bridgehead atoms. The van der Waals surface area contributed by atoms with Crippen molar-refractivity contribution in [1.29, 1.82) is 0 Å². The van der Waals surface area contributed by atoms with Gasteiger partial charge >= 0.3 is 0 Å². The third kappa shape index (κ3) is 4.62. The summed E-state index contributed by atoms with van der Waals surface area (Å²) in [6.45, 7) is 6.72. The summed E-state index contributed by atoms with van der Waals surface area (Å²) in [6, 6.07) is 17.1. The second-order valence-electron chi connectivity index (χ2n) is 11.8. The van der Waals surface area contributed by atoms with Crippen LogP contribution in [0.1, 0.15) is 68.4 Å². The Labute approximate surface area is 225 Å². The Kier molecular flexibility index (Phi) is 7.08. The van der Waals surface area contributed by atoms with Gasteiger partial charge in [-0.2, -0.15) is 0 Å². The molecule has 3 aromatic carbocycles. The first-order valence-corrected chi connectivity index (χ1v) is 13.4. The topological polar surface area (TPSA) is 44.8 Å². The molecule has 0 amide bonds. The number of aryl methyl sites for hydroxylation is 1. The molecule has 0 aromatic heterocycles. The summed E-state index contributed by atoms with van der Waals surface area (Å²) >= 11 is 0. The number of halogens is 1. The van der Waals surface area contributed by atoms with Crippen LogP contribution in [-0.2, 0) is 28.0 Å². The summed E-state index contributed by atoms with van der Waals surface area (Å²) in [6.07, 6.45) is 5.00. The zero-order valence-corrected chi connectivity index (χ0v) is 23.0. The van der Waals surface area contributed by atoms with Gasteiger partial charge in [0.25, 0.3) is 0 Å². The van der Waals surface area contributed by atoms with Crippen LogP contribution in [0.4, 0.5) is 4.39 Å². The number of methoxy groups -OCH3 is 2. The number of carbonyl (C=O) groups excluding carboxylic acids is 1. The van der Waals surface area contributed by atoms with Crippen molar-refractivity contribution in [2.24, 2.45) is 11.3 Å². The molecule has 0 radical (unpaired) electrons. The predicted octanol–water partition coefficient (Wildman–Crippen LogP) is 7.61. The summed E-state index contributed by atoms with van der Waals surface area (Å²) in [7, 11) is 3.27. The van der Waals surface area contributed by atoms with E-state index in [9.17, 15) is 4.79 Å². The van der Waals surface area contributed by atoms with E-state index in [1.54, 1.807) is 26.4 Å². The number of carbonyl (C=O) groups is 1. The number of rotatable bonds is 8. The standard InChI is InChI=1S/C33H37FO4/c1-32(2,3)31(37-5)28-16-21(6-10-26(28)27-17-24(36-4)9-11-30(27)34)20-38-25-8-7-22-12-14-33(29(22)18-25)15-13-23(33)19-35/h6-11,16-19,23,31H,12-15,20H2,1-5H3/t23-,31-,33-/m1/s1. The van der Waals surface area contributed by atoms with Crippen LogP contribution in [0.15, 0.2) is 54.6 Å². The number of hydrogen-bond donors (Lipinski definition) is 0. The van der Waals surface area contributed by atoms with Crippen molar-refractivity contribution in [3.8, 4) is 22.6 Å². The minimum atomic E-state index is -0.309. The third-order valence-corrected chi connectivity index (χ3v) is 8.52. The van der Waals surface area contributed by atoms with E-state index in [0.29, 0.717) is 17.9 Å². The van der Waals surface area contributed by atoms with Gasteiger partial charge in [-0.05, 0) is 95.3 Å². The van der Waals surface area contributed by atoms with E-state index in [1.807, 2.05) is 18.2 Å². The van der Waals surface area contributed by atoms with E-state index in [1.165, 1.54) is 17.2 Å². The molecule has 0 N–H and O–H groups in total. The molecule has 200 valence electrons. The van der Waals surface area contributed by atoms with Crippen LogP contribution in [0.2, 0.25) is 0 Å². The Morgan fingerprint density at radius 1 is 1.00 bits per heavy atom. The monoisotopic (exact) mass is 516 g/mol. The van der Waals surface area contributed by atoms with Crippen molar-refractivity contribution < 1.29 is 23.4 Å². The fourth-order valence-corrected chi connectivity index (χ4v) is 6.44. The summed E-state index contributed by atoms with van der Waals surface area (Å²) in [5.74, 6) is 1.22. The molecule has 0 aliphatic heterocycles. The predicted molar refractivity (Wildman–Crippen MR) is 147 cm³/mol. The number of ether oxygens (including phenoxy) is 3. The van der Waals surface area contributed by atoms with Crippen LogP contribution in [0.3, 0.4) is 0 Å². The number of hydrogen-bond acceptors (Lipinski definition) is 4. The largest absolute Gasteiger partial charge is 0.497 e. The molecule has 0 unspecified atom stereocenters. The first-order chi connectivity index (χ1) is 18.2. The van der Waals surface area contributed by atoms with E-state index < -0.39 is 0 Å². The SMILES string of the molecule is COc1ccc(F)c(-c2ccc(COc3ccc4c(c3)[C@]3(CC4)CC[C@@H]3C=O)cc2[C@@H](OC)C(C)(C)C)c1. The maximum atomic E-state index is 15.0. The fraction of sp³-hybridized carbons (Fsp3) is 0.424. The van der Waals surface area contributed by atoms with Crippen LogP contribution in [0.5, 0.6) is 11.5 Å². The van der Waals surface area contributed by atoms with Crippen LogP contribution in [0, 0.1) is 17.2 Å². The molecule has 1 spiro atoms. The van der Waals surface area contributed by atoms with Crippen molar-refractivity contribution in [2.45, 2.75) is 64.6 Å². The van der Waals surface area contributed by atoms with Gasteiger partial charge in [-0.3, -0.25) is 0 Å². The van der Waals surface area contributed by atoms with Crippen LogP contribution < -0.4 is 9.47 Å². The molecule has 2 aliphatic rings. The van der Waals surface area contributed by atoms with Crippen molar-refractivity contribution in [2.75, 3.05) is 14.2 Å². The molecule has 5 rings (SSSR count). The Morgan fingerprint density at radius 2 is 1.79 bits per heavy atom. The maximum Gasteiger partial charge on any atom is 0.131 e. The van der Waals surface area contributed by atoms with Gasteiger partial charge in [0.1, 0.15) is 30.2 Å². The molecule has 0 heterocycles. The van der Waals surface area contributed by atoms with E-state index in [4.69, 9.17) is 14.2 Å². The summed E-state index contributed by atoms with van der Waals surface area (Å²) in [5, 5.41) is 0. The third-order valence-electron chi connectivity index (χ3n) is 8.52. The normalized spacial score (nSPS) is 21.1. The molecule has 5 heteroatoms. The van der Waals surface area contributed by atoms with Crippen LogP contribution in [-0.4, -0.2) is 20.5 Å². The van der Waals surface area contributed by atoms with Crippen LogP contribution >= 0.6 is 0 Å². The highest BCUT2D eigenvalue weighted by Gasteiger charge is 2.51. The lowest BCUT2D eigenvalue weighted by molar-refractivity contribution is -0.116. The van der Waals surface area contributed by atoms with Gasteiger partial charge in [0, 0.05) is 24.0 Å². The summed E-state index contributed by atoms with van der Waals surface area (Å²) in [4.78, 5) is 11.7. The summed E-state index contributed by atoms with van der Waals surface area (Å²) in [5.41, 5.74) is 5.55. The number of fused-ring (bicyclic) bond motifs is 2. The van der Waals surface area contributed by atoms with Gasteiger partial charge in [-0.15, -0.1) is 0 Å². The molecule has 1 fully saturated rings. The van der Waals surface area contributed by atoms with E-state index in [2.05, 4.69) is 39.0 Å². The second-order valence-corrected chi connectivity index (χ2v) is 11.8. The van der Waals surface area contributed by atoms with Gasteiger partial charge in [0.15, 0.2) is 0 Å². The molecule has 3 atom stereocenters. The maximum absolute atomic E-state index is 15.0. The summed E-state index contributed by atoms with van der Waals surface area (Å²) < 4.78 is 32.6. The lowest BCUT2D eigenvalue weighted by Crippen LogP contribution is -2.43. The average molecular weight is 517 g/mol. The van der Waals surface area contributed by atoms with Gasteiger partial charge in [-0.1, -0.05) is 39.0 Å². The smallest absolute Gasteiger partial charge is 0.131 e. The molecular formula is C33H37FO4. The van der Waals surface area contributed by atoms with Gasteiger partial charge in [-0.25, -0.2) is 4.39 Å². The minimum absolute atomic E-state index is 0.00444.